The third-order valence-corrected chi connectivity index (χ3v) is 5.52. The number of anilines is 1. The van der Waals surface area contributed by atoms with E-state index < -0.39 is 21.4 Å². The van der Waals surface area contributed by atoms with Crippen LogP contribution in [-0.4, -0.2) is 32.9 Å². The van der Waals surface area contributed by atoms with Crippen molar-refractivity contribution in [3.05, 3.63) is 59.7 Å². The summed E-state index contributed by atoms with van der Waals surface area (Å²) in [6.07, 6.45) is 1.42. The Labute approximate surface area is 134 Å². The van der Waals surface area contributed by atoms with Crippen LogP contribution in [0.1, 0.15) is 15.9 Å². The molecule has 0 unspecified atom stereocenters. The standard InChI is InChI=1S/C17H15NO4S/c19-12-18-9-8-13-10-14(6-7-16(13)18)17(20)11-23(21,22)15-4-2-1-3-5-15/h1-7,10,12H,8-9,11H2. The van der Waals surface area contributed by atoms with Crippen molar-refractivity contribution in [3.8, 4) is 0 Å². The zero-order valence-electron chi connectivity index (χ0n) is 12.3. The Morgan fingerprint density at radius 3 is 2.57 bits per heavy atom. The van der Waals surface area contributed by atoms with Gasteiger partial charge >= 0.3 is 0 Å². The van der Waals surface area contributed by atoms with E-state index in [0.717, 1.165) is 17.7 Å². The van der Waals surface area contributed by atoms with E-state index >= 15 is 0 Å². The van der Waals surface area contributed by atoms with Crippen LogP contribution in [0.5, 0.6) is 0 Å². The molecule has 1 heterocycles. The lowest BCUT2D eigenvalue weighted by Crippen LogP contribution is -2.18. The highest BCUT2D eigenvalue weighted by Crippen LogP contribution is 2.28. The van der Waals surface area contributed by atoms with Crippen molar-refractivity contribution in [2.45, 2.75) is 11.3 Å². The van der Waals surface area contributed by atoms with Gasteiger partial charge in [0.1, 0.15) is 5.75 Å². The molecule has 118 valence electrons. The number of ketones is 1. The van der Waals surface area contributed by atoms with Gasteiger partial charge in [0, 0.05) is 17.8 Å². The molecule has 0 bridgehead atoms. The molecule has 2 aromatic rings. The third-order valence-electron chi connectivity index (χ3n) is 3.88. The highest BCUT2D eigenvalue weighted by Gasteiger charge is 2.23. The first-order valence-corrected chi connectivity index (χ1v) is 8.82. The van der Waals surface area contributed by atoms with Gasteiger partial charge in [0.05, 0.1) is 4.90 Å². The van der Waals surface area contributed by atoms with Crippen molar-refractivity contribution in [2.24, 2.45) is 0 Å². The fraction of sp³-hybridized carbons (Fsp3) is 0.176. The minimum Gasteiger partial charge on any atom is -0.314 e. The second kappa shape index (κ2) is 5.96. The van der Waals surface area contributed by atoms with Crippen molar-refractivity contribution in [3.63, 3.8) is 0 Å². The second-order valence-electron chi connectivity index (χ2n) is 5.39. The van der Waals surface area contributed by atoms with Gasteiger partial charge in [-0.25, -0.2) is 8.42 Å². The van der Waals surface area contributed by atoms with E-state index in [-0.39, 0.29) is 4.90 Å². The number of nitrogens with zero attached hydrogens (tertiary/aromatic N) is 1. The molecule has 0 atom stereocenters. The molecular formula is C17H15NO4S. The van der Waals surface area contributed by atoms with Crippen molar-refractivity contribution < 1.29 is 18.0 Å². The van der Waals surface area contributed by atoms with E-state index in [1.807, 2.05) is 0 Å². The fourth-order valence-electron chi connectivity index (χ4n) is 2.68. The van der Waals surface area contributed by atoms with Crippen LogP contribution in [0.2, 0.25) is 0 Å². The summed E-state index contributed by atoms with van der Waals surface area (Å²) in [4.78, 5) is 24.9. The summed E-state index contributed by atoms with van der Waals surface area (Å²) in [7, 11) is -3.65. The molecule has 0 aliphatic carbocycles. The zero-order valence-corrected chi connectivity index (χ0v) is 13.1. The Bertz CT molecular complexity index is 859. The maximum absolute atomic E-state index is 12.3. The molecule has 0 saturated carbocycles. The van der Waals surface area contributed by atoms with Gasteiger partial charge in [-0.15, -0.1) is 0 Å². The Hall–Kier alpha value is -2.47. The molecular weight excluding hydrogens is 314 g/mol. The van der Waals surface area contributed by atoms with E-state index in [1.165, 1.54) is 12.1 Å². The number of Topliss-reactive ketones (excluding diaryl/α,β-unsaturated/α-hetero) is 1. The molecule has 2 aromatic carbocycles. The van der Waals surface area contributed by atoms with Crippen LogP contribution in [0.25, 0.3) is 0 Å². The number of rotatable bonds is 5. The maximum atomic E-state index is 12.3. The van der Waals surface area contributed by atoms with Gasteiger partial charge in [-0.2, -0.15) is 0 Å². The Kier molecular flexibility index (Phi) is 4.00. The molecule has 23 heavy (non-hydrogen) atoms. The van der Waals surface area contributed by atoms with Gasteiger partial charge in [-0.05, 0) is 42.3 Å². The molecule has 0 spiro atoms. The van der Waals surface area contributed by atoms with Crippen LogP contribution in [-0.2, 0) is 21.1 Å². The highest BCUT2D eigenvalue weighted by atomic mass is 32.2. The second-order valence-corrected chi connectivity index (χ2v) is 7.38. The van der Waals surface area contributed by atoms with Gasteiger partial charge in [0.15, 0.2) is 15.6 Å². The molecule has 0 fully saturated rings. The minimum atomic E-state index is -3.65. The summed E-state index contributed by atoms with van der Waals surface area (Å²) in [6, 6.07) is 12.9. The van der Waals surface area contributed by atoms with E-state index in [1.54, 1.807) is 41.3 Å². The van der Waals surface area contributed by atoms with Gasteiger partial charge in [0.25, 0.3) is 0 Å². The van der Waals surface area contributed by atoms with Crippen LogP contribution in [0.3, 0.4) is 0 Å². The molecule has 0 saturated heterocycles. The Balaban J connectivity index is 1.84. The first-order chi connectivity index (χ1) is 11.0. The van der Waals surface area contributed by atoms with Crippen molar-refractivity contribution in [1.82, 2.24) is 0 Å². The number of benzene rings is 2. The Morgan fingerprint density at radius 1 is 1.13 bits per heavy atom. The number of carbonyl (C=O) groups excluding carboxylic acids is 2. The fourth-order valence-corrected chi connectivity index (χ4v) is 3.93. The van der Waals surface area contributed by atoms with Crippen LogP contribution in [0, 0.1) is 0 Å². The summed E-state index contributed by atoms with van der Waals surface area (Å²) in [5.41, 5.74) is 2.03. The quantitative estimate of drug-likeness (QED) is 0.620. The predicted molar refractivity (Wildman–Crippen MR) is 86.4 cm³/mol. The zero-order chi connectivity index (χ0) is 16.4. The summed E-state index contributed by atoms with van der Waals surface area (Å²) in [5.74, 6) is -1.01. The highest BCUT2D eigenvalue weighted by molar-refractivity contribution is 7.92. The lowest BCUT2D eigenvalue weighted by atomic mass is 10.1. The first kappa shape index (κ1) is 15.4. The van der Waals surface area contributed by atoms with Gasteiger partial charge in [0.2, 0.25) is 6.41 Å². The molecule has 0 N–H and O–H groups in total. The van der Waals surface area contributed by atoms with E-state index in [2.05, 4.69) is 0 Å². The summed E-state index contributed by atoms with van der Waals surface area (Å²) in [5, 5.41) is 0. The van der Waals surface area contributed by atoms with Crippen LogP contribution >= 0.6 is 0 Å². The third kappa shape index (κ3) is 3.03. The summed E-state index contributed by atoms with van der Waals surface area (Å²) >= 11 is 0. The Morgan fingerprint density at radius 2 is 1.87 bits per heavy atom. The molecule has 1 aliphatic heterocycles. The number of sulfone groups is 1. The normalized spacial score (nSPS) is 13.7. The lowest BCUT2D eigenvalue weighted by molar-refractivity contribution is -0.107. The number of carbonyl (C=O) groups is 2. The molecule has 0 aromatic heterocycles. The molecule has 3 rings (SSSR count). The minimum absolute atomic E-state index is 0.140. The van der Waals surface area contributed by atoms with Crippen molar-refractivity contribution in [2.75, 3.05) is 17.2 Å². The molecule has 6 heteroatoms. The predicted octanol–water partition coefficient (Wildman–Crippen LogP) is 1.86. The summed E-state index contributed by atoms with van der Waals surface area (Å²) < 4.78 is 24.5. The summed E-state index contributed by atoms with van der Waals surface area (Å²) in [6.45, 7) is 0.582. The van der Waals surface area contributed by atoms with Gasteiger partial charge in [-0.1, -0.05) is 18.2 Å². The molecule has 5 nitrogen and oxygen atoms in total. The smallest absolute Gasteiger partial charge is 0.214 e. The average molecular weight is 329 g/mol. The van der Waals surface area contributed by atoms with Crippen molar-refractivity contribution >= 4 is 27.7 Å². The number of hydrogen-bond acceptors (Lipinski definition) is 4. The van der Waals surface area contributed by atoms with Crippen LogP contribution in [0.15, 0.2) is 53.4 Å². The lowest BCUT2D eigenvalue weighted by Gasteiger charge is -2.10. The van der Waals surface area contributed by atoms with E-state index in [0.29, 0.717) is 18.5 Å². The average Bonchev–Trinajstić information content (AvgIpc) is 2.97. The number of amides is 1. The largest absolute Gasteiger partial charge is 0.314 e. The number of hydrogen-bond donors (Lipinski definition) is 0. The maximum Gasteiger partial charge on any atom is 0.214 e. The van der Waals surface area contributed by atoms with Gasteiger partial charge in [-0.3, -0.25) is 9.59 Å². The number of fused-ring (bicyclic) bond motifs is 1. The van der Waals surface area contributed by atoms with Crippen LogP contribution < -0.4 is 4.90 Å². The van der Waals surface area contributed by atoms with Gasteiger partial charge < -0.3 is 4.90 Å². The van der Waals surface area contributed by atoms with Crippen LogP contribution in [0.4, 0.5) is 5.69 Å². The molecule has 0 radical (unpaired) electrons. The molecule has 1 amide bonds. The van der Waals surface area contributed by atoms with E-state index in [9.17, 15) is 18.0 Å². The molecule has 1 aliphatic rings. The SMILES string of the molecule is O=CN1CCc2cc(C(=O)CS(=O)(=O)c3ccccc3)ccc21. The topological polar surface area (TPSA) is 71.5 Å². The monoisotopic (exact) mass is 329 g/mol. The van der Waals surface area contributed by atoms with E-state index in [4.69, 9.17) is 0 Å². The van der Waals surface area contributed by atoms with Crippen molar-refractivity contribution in [1.29, 1.82) is 0 Å². The first-order valence-electron chi connectivity index (χ1n) is 7.17.